The molecule has 0 saturated heterocycles. The molecule has 0 spiro atoms. The Morgan fingerprint density at radius 3 is 2.24 bits per heavy atom. The fourth-order valence-electron chi connectivity index (χ4n) is 4.74. The molecular formula is C31H42N4O5S2. The van der Waals surface area contributed by atoms with Crippen LogP contribution >= 0.6 is 22.7 Å². The Bertz CT molecular complexity index is 1320. The molecule has 228 valence electrons. The van der Waals surface area contributed by atoms with Gasteiger partial charge in [0.05, 0.1) is 49.8 Å². The molecule has 0 aliphatic heterocycles. The zero-order valence-corrected chi connectivity index (χ0v) is 26.9. The normalized spacial score (nSPS) is 16.9. The number of hydrogen-bond donors (Lipinski definition) is 2. The number of aliphatic hydroxyl groups is 1. The van der Waals surface area contributed by atoms with Crippen LogP contribution < -0.4 is 15.3 Å². The van der Waals surface area contributed by atoms with Crippen LogP contribution in [0, 0.1) is 11.8 Å². The van der Waals surface area contributed by atoms with Gasteiger partial charge in [-0.15, -0.1) is 22.7 Å². The van der Waals surface area contributed by atoms with E-state index in [4.69, 9.17) is 5.11 Å². The zero-order valence-electron chi connectivity index (χ0n) is 25.3. The van der Waals surface area contributed by atoms with Gasteiger partial charge >= 0.3 is 0 Å². The number of aromatic nitrogens is 1. The second-order valence-corrected chi connectivity index (χ2v) is 13.8. The summed E-state index contributed by atoms with van der Waals surface area (Å²) in [7, 11) is 6.16. The number of rotatable bonds is 9. The average molecular weight is 615 g/mol. The number of aromatic carboxylic acids is 1. The van der Waals surface area contributed by atoms with Crippen LogP contribution in [0.3, 0.4) is 0 Å². The van der Waals surface area contributed by atoms with Crippen LogP contribution in [0.5, 0.6) is 0 Å². The number of thiophene rings is 1. The third-order valence-electron chi connectivity index (χ3n) is 7.14. The molecule has 42 heavy (non-hydrogen) atoms. The average Bonchev–Trinajstić information content (AvgIpc) is 3.60. The van der Waals surface area contributed by atoms with Crippen LogP contribution in [-0.4, -0.2) is 72.7 Å². The number of nitrogens with one attached hydrogen (secondary N) is 1. The first kappa shape index (κ1) is 33.4. The van der Waals surface area contributed by atoms with Gasteiger partial charge in [-0.3, -0.25) is 9.59 Å². The second kappa shape index (κ2) is 14.9. The van der Waals surface area contributed by atoms with Crippen LogP contribution in [0.15, 0.2) is 41.2 Å². The minimum atomic E-state index is -1.29. The first-order valence-corrected chi connectivity index (χ1v) is 16.0. The lowest BCUT2D eigenvalue weighted by Crippen LogP contribution is -2.43. The fourth-order valence-corrected chi connectivity index (χ4v) is 6.26. The van der Waals surface area contributed by atoms with Gasteiger partial charge in [0.2, 0.25) is 5.91 Å². The zero-order chi connectivity index (χ0) is 31.0. The van der Waals surface area contributed by atoms with E-state index in [1.807, 2.05) is 26.0 Å². The highest BCUT2D eigenvalue weighted by molar-refractivity contribution is 7.18. The molecule has 3 aromatic rings. The Hall–Kier alpha value is -3.12. The quantitative estimate of drug-likeness (QED) is 0.336. The van der Waals surface area contributed by atoms with Gasteiger partial charge < -0.3 is 29.7 Å². The number of anilines is 2. The fraction of sp³-hybridized carbons (Fsp3) is 0.484. The van der Waals surface area contributed by atoms with Crippen molar-refractivity contribution in [3.8, 4) is 10.4 Å². The Morgan fingerprint density at radius 2 is 1.76 bits per heavy atom. The van der Waals surface area contributed by atoms with E-state index in [2.05, 4.69) is 38.4 Å². The van der Waals surface area contributed by atoms with Crippen molar-refractivity contribution in [1.29, 1.82) is 0 Å². The molecule has 1 aliphatic rings. The Balaban J connectivity index is 0.000000616. The van der Waals surface area contributed by atoms with E-state index >= 15 is 0 Å². The third kappa shape index (κ3) is 9.19. The number of amides is 2. The molecule has 9 nitrogen and oxygen atoms in total. The Morgan fingerprint density at radius 1 is 1.12 bits per heavy atom. The van der Waals surface area contributed by atoms with Crippen LogP contribution in [-0.2, 0) is 4.79 Å². The monoisotopic (exact) mass is 614 g/mol. The summed E-state index contributed by atoms with van der Waals surface area (Å²) < 4.78 is 0.844. The van der Waals surface area contributed by atoms with E-state index in [1.165, 1.54) is 11.3 Å². The van der Waals surface area contributed by atoms with Gasteiger partial charge in [-0.05, 0) is 69.2 Å². The summed E-state index contributed by atoms with van der Waals surface area (Å²) in [6.07, 6.45) is 3.68. The van der Waals surface area contributed by atoms with Crippen LogP contribution in [0.1, 0.15) is 66.6 Å². The minimum Gasteiger partial charge on any atom is -0.544 e. The van der Waals surface area contributed by atoms with Crippen molar-refractivity contribution in [3.05, 3.63) is 51.8 Å². The lowest BCUT2D eigenvalue weighted by Gasteiger charge is -2.33. The van der Waals surface area contributed by atoms with Crippen LogP contribution in [0.4, 0.5) is 11.4 Å². The summed E-state index contributed by atoms with van der Waals surface area (Å²) in [5.74, 6) is -1.07. The number of benzene rings is 1. The highest BCUT2D eigenvalue weighted by atomic mass is 32.1. The molecule has 2 heterocycles. The molecule has 2 amide bonds. The Kier molecular flexibility index (Phi) is 11.8. The molecule has 0 atom stereocenters. The van der Waals surface area contributed by atoms with E-state index in [9.17, 15) is 19.5 Å². The van der Waals surface area contributed by atoms with Crippen molar-refractivity contribution in [2.75, 3.05) is 44.5 Å². The molecular weight excluding hydrogens is 572 g/mol. The highest BCUT2D eigenvalue weighted by Gasteiger charge is 2.32. The third-order valence-corrected chi connectivity index (χ3v) is 8.88. The molecule has 4 rings (SSSR count). The highest BCUT2D eigenvalue weighted by Crippen LogP contribution is 2.40. The standard InChI is InChI=1S/C26H29N3O4S2.C5H14NO/c1-15(2)29(25(31)18-6-4-16(3)5-7-18)21-12-22(35-23(21)26(32)33)17-8-10-19(11-9-17)28-24(30)20-13-34-14-27-20;1-6(2,3)4-5-7/h8-16,18H,4-7H2,1-3H3,(H,28,30)(H,32,33);7H,4-5H2,1-3H3/q;+1/p-1/t16-,18-;. The van der Waals surface area contributed by atoms with Gasteiger partial charge in [0.15, 0.2) is 0 Å². The first-order valence-electron chi connectivity index (χ1n) is 14.2. The molecule has 2 aromatic heterocycles. The summed E-state index contributed by atoms with van der Waals surface area (Å²) in [6.45, 7) is 7.12. The molecule has 1 aromatic carbocycles. The van der Waals surface area contributed by atoms with Gasteiger partial charge in [-0.2, -0.15) is 0 Å². The molecule has 11 heteroatoms. The molecule has 1 saturated carbocycles. The van der Waals surface area contributed by atoms with Gasteiger partial charge in [-0.25, -0.2) is 4.98 Å². The van der Waals surface area contributed by atoms with Crippen molar-refractivity contribution >= 4 is 51.8 Å². The van der Waals surface area contributed by atoms with Crippen molar-refractivity contribution in [1.82, 2.24) is 4.98 Å². The maximum atomic E-state index is 13.5. The number of carboxylic acids is 1. The Labute approximate surface area is 256 Å². The molecule has 2 N–H and O–H groups in total. The topological polar surface area (TPSA) is 123 Å². The number of thiazole rings is 1. The van der Waals surface area contributed by atoms with Crippen LogP contribution in [0.25, 0.3) is 10.4 Å². The minimum absolute atomic E-state index is 0.0150. The summed E-state index contributed by atoms with van der Waals surface area (Å²) >= 11 is 2.44. The maximum Gasteiger partial charge on any atom is 0.275 e. The van der Waals surface area contributed by atoms with Gasteiger partial charge in [0, 0.05) is 27.9 Å². The summed E-state index contributed by atoms with van der Waals surface area (Å²) in [6, 6.07) is 8.72. The number of nitrogens with zero attached hydrogens (tertiary/aromatic N) is 3. The maximum absolute atomic E-state index is 13.5. The van der Waals surface area contributed by atoms with E-state index in [-0.39, 0.29) is 35.3 Å². The van der Waals surface area contributed by atoms with Crippen molar-refractivity contribution in [2.45, 2.75) is 52.5 Å². The number of carboxylic acid groups (broad SMARTS) is 1. The van der Waals surface area contributed by atoms with Gasteiger partial charge in [0.1, 0.15) is 12.2 Å². The molecule has 1 aliphatic carbocycles. The number of aliphatic hydroxyl groups excluding tert-OH is 1. The van der Waals surface area contributed by atoms with Crippen LogP contribution in [0.2, 0.25) is 0 Å². The lowest BCUT2D eigenvalue weighted by molar-refractivity contribution is -0.870. The largest absolute Gasteiger partial charge is 0.544 e. The van der Waals surface area contributed by atoms with E-state index in [0.29, 0.717) is 27.9 Å². The van der Waals surface area contributed by atoms with Crippen molar-refractivity contribution in [2.24, 2.45) is 11.8 Å². The SMILES string of the molecule is CC(C)N(c1cc(-c2ccc(NC(=O)c3cscn3)cc2)sc1C(=O)[O-])C(=O)[C@H]1CC[C@H](C)CC1.C[N+](C)(C)CCO. The van der Waals surface area contributed by atoms with E-state index in [1.54, 1.807) is 34.0 Å². The second-order valence-electron chi connectivity index (χ2n) is 12.0. The van der Waals surface area contributed by atoms with Gasteiger partial charge in [-0.1, -0.05) is 19.1 Å². The molecule has 1 fully saturated rings. The smallest absolute Gasteiger partial charge is 0.275 e. The number of hydrogen-bond acceptors (Lipinski definition) is 8. The molecule has 0 radical (unpaired) electrons. The lowest BCUT2D eigenvalue weighted by atomic mass is 9.82. The molecule has 0 bridgehead atoms. The molecule has 0 unspecified atom stereocenters. The summed E-state index contributed by atoms with van der Waals surface area (Å²) in [4.78, 5) is 44.1. The van der Waals surface area contributed by atoms with E-state index < -0.39 is 5.97 Å². The number of carbonyl (C=O) groups excluding carboxylic acids is 3. The summed E-state index contributed by atoms with van der Waals surface area (Å²) in [5, 5.41) is 24.9. The van der Waals surface area contributed by atoms with E-state index in [0.717, 1.165) is 53.6 Å². The summed E-state index contributed by atoms with van der Waals surface area (Å²) in [5.41, 5.74) is 3.74. The van der Waals surface area contributed by atoms with Crippen molar-refractivity contribution < 1.29 is 29.1 Å². The number of carbonyl (C=O) groups is 3. The van der Waals surface area contributed by atoms with Crippen molar-refractivity contribution in [3.63, 3.8) is 0 Å². The number of quaternary nitrogens is 1. The predicted octanol–water partition coefficient (Wildman–Crippen LogP) is 4.74. The number of likely N-dealkylation sites (N-methyl/N-ethyl adjacent to an activating group) is 1. The first-order chi connectivity index (χ1) is 19.8. The van der Waals surface area contributed by atoms with Gasteiger partial charge in [0.25, 0.3) is 5.91 Å². The predicted molar refractivity (Wildman–Crippen MR) is 168 cm³/mol.